The molecule has 1 saturated heterocycles. The highest BCUT2D eigenvalue weighted by Crippen LogP contribution is 2.32. The number of rotatable bonds is 2. The number of carbonyl (C=O) groups excluding carboxylic acids is 1. The zero-order chi connectivity index (χ0) is 14.9. The first-order valence-electron chi connectivity index (χ1n) is 6.85. The third-order valence-electron chi connectivity index (χ3n) is 3.84. The van der Waals surface area contributed by atoms with Crippen LogP contribution in [0.4, 0.5) is 0 Å². The number of nitrogens with one attached hydrogen (secondary N) is 1. The second kappa shape index (κ2) is 5.18. The van der Waals surface area contributed by atoms with E-state index in [2.05, 4.69) is 4.98 Å². The van der Waals surface area contributed by atoms with Crippen molar-refractivity contribution in [1.82, 2.24) is 9.88 Å². The van der Waals surface area contributed by atoms with Gasteiger partial charge in [-0.25, -0.2) is 0 Å². The number of H-pyrrole nitrogens is 1. The van der Waals surface area contributed by atoms with Gasteiger partial charge in [-0.2, -0.15) is 0 Å². The molecular formula is C16H16N2O3. The molecule has 0 unspecified atom stereocenters. The molecule has 1 aliphatic heterocycles. The summed E-state index contributed by atoms with van der Waals surface area (Å²) in [7, 11) is 0. The van der Waals surface area contributed by atoms with E-state index in [-0.39, 0.29) is 23.7 Å². The van der Waals surface area contributed by atoms with Crippen LogP contribution >= 0.6 is 0 Å². The van der Waals surface area contributed by atoms with E-state index in [1.54, 1.807) is 17.0 Å². The van der Waals surface area contributed by atoms with Crippen molar-refractivity contribution in [3.05, 3.63) is 70.1 Å². The highest BCUT2D eigenvalue weighted by atomic mass is 16.3. The van der Waals surface area contributed by atoms with Crippen molar-refractivity contribution in [3.8, 4) is 0 Å². The maximum absolute atomic E-state index is 12.4. The summed E-state index contributed by atoms with van der Waals surface area (Å²) >= 11 is 0. The van der Waals surface area contributed by atoms with E-state index in [0.29, 0.717) is 13.0 Å². The Kier molecular flexibility index (Phi) is 3.35. The Balaban J connectivity index is 1.81. The molecule has 0 saturated carbocycles. The summed E-state index contributed by atoms with van der Waals surface area (Å²) < 4.78 is 0. The Hall–Kier alpha value is -2.40. The SMILES string of the molecule is O=C(c1cccc(=O)[nH]1)N1CC[C@@](O)(c2ccccc2)C1. The van der Waals surface area contributed by atoms with Crippen LogP contribution in [0.1, 0.15) is 22.5 Å². The molecule has 0 aliphatic carbocycles. The first-order valence-corrected chi connectivity index (χ1v) is 6.85. The topological polar surface area (TPSA) is 73.4 Å². The zero-order valence-electron chi connectivity index (χ0n) is 11.5. The number of pyridine rings is 1. The number of carbonyl (C=O) groups is 1. The maximum Gasteiger partial charge on any atom is 0.270 e. The number of hydrogen-bond acceptors (Lipinski definition) is 3. The fourth-order valence-electron chi connectivity index (χ4n) is 2.69. The van der Waals surface area contributed by atoms with Crippen LogP contribution < -0.4 is 5.56 Å². The van der Waals surface area contributed by atoms with Crippen LogP contribution in [0.3, 0.4) is 0 Å². The van der Waals surface area contributed by atoms with Gasteiger partial charge in [-0.15, -0.1) is 0 Å². The number of hydrogen-bond donors (Lipinski definition) is 2. The van der Waals surface area contributed by atoms with Gasteiger partial charge in [0.05, 0.1) is 6.54 Å². The number of likely N-dealkylation sites (tertiary alicyclic amines) is 1. The number of aromatic nitrogens is 1. The van der Waals surface area contributed by atoms with Gasteiger partial charge in [0.25, 0.3) is 5.91 Å². The molecule has 1 fully saturated rings. The van der Waals surface area contributed by atoms with Crippen LogP contribution in [0.5, 0.6) is 0 Å². The molecule has 1 aromatic heterocycles. The van der Waals surface area contributed by atoms with Gasteiger partial charge in [0.1, 0.15) is 11.3 Å². The van der Waals surface area contributed by atoms with E-state index in [1.165, 1.54) is 6.07 Å². The fourth-order valence-corrected chi connectivity index (χ4v) is 2.69. The summed E-state index contributed by atoms with van der Waals surface area (Å²) in [6.07, 6.45) is 0.486. The predicted molar refractivity (Wildman–Crippen MR) is 77.9 cm³/mol. The average molecular weight is 284 g/mol. The minimum absolute atomic E-state index is 0.229. The van der Waals surface area contributed by atoms with Gasteiger partial charge >= 0.3 is 0 Å². The number of β-amino-alcohol motifs (C(OH)–C–C–N with tert-alkyl or cyclic N) is 1. The minimum Gasteiger partial charge on any atom is -0.383 e. The van der Waals surface area contributed by atoms with Gasteiger partial charge in [0, 0.05) is 12.6 Å². The third kappa shape index (κ3) is 2.60. The lowest BCUT2D eigenvalue weighted by molar-refractivity contribution is 0.0415. The molecule has 1 atom stereocenters. The molecule has 21 heavy (non-hydrogen) atoms. The predicted octanol–water partition coefficient (Wildman–Crippen LogP) is 1.11. The molecule has 2 heterocycles. The van der Waals surface area contributed by atoms with Gasteiger partial charge in [0.2, 0.25) is 5.56 Å². The van der Waals surface area contributed by atoms with Gasteiger partial charge in [0.15, 0.2) is 0 Å². The Morgan fingerprint density at radius 2 is 1.90 bits per heavy atom. The average Bonchev–Trinajstić information content (AvgIpc) is 2.91. The minimum atomic E-state index is -1.02. The van der Waals surface area contributed by atoms with Gasteiger partial charge in [-0.1, -0.05) is 36.4 Å². The molecule has 3 rings (SSSR count). The molecule has 0 spiro atoms. The summed E-state index contributed by atoms with van der Waals surface area (Å²) in [5, 5.41) is 10.7. The van der Waals surface area contributed by atoms with Crippen LogP contribution in [-0.4, -0.2) is 34.0 Å². The fraction of sp³-hybridized carbons (Fsp3) is 0.250. The van der Waals surface area contributed by atoms with Crippen molar-refractivity contribution >= 4 is 5.91 Å². The summed E-state index contributed by atoms with van der Waals surface area (Å²) in [5.74, 6) is -0.264. The zero-order valence-corrected chi connectivity index (χ0v) is 11.5. The third-order valence-corrected chi connectivity index (χ3v) is 3.84. The summed E-state index contributed by atoms with van der Waals surface area (Å²) in [6, 6.07) is 13.8. The smallest absolute Gasteiger partial charge is 0.270 e. The van der Waals surface area contributed by atoms with Crippen LogP contribution in [0.15, 0.2) is 53.3 Å². The van der Waals surface area contributed by atoms with Crippen molar-refractivity contribution in [2.45, 2.75) is 12.0 Å². The Labute approximate surface area is 121 Å². The number of nitrogens with zero attached hydrogens (tertiary/aromatic N) is 1. The van der Waals surface area contributed by atoms with Crippen LogP contribution in [0, 0.1) is 0 Å². The second-order valence-electron chi connectivity index (χ2n) is 5.30. The molecule has 108 valence electrons. The molecule has 0 radical (unpaired) electrons. The van der Waals surface area contributed by atoms with E-state index in [1.807, 2.05) is 30.3 Å². The van der Waals surface area contributed by atoms with Crippen molar-refractivity contribution in [1.29, 1.82) is 0 Å². The normalized spacial score (nSPS) is 21.5. The van der Waals surface area contributed by atoms with E-state index in [0.717, 1.165) is 5.56 Å². The van der Waals surface area contributed by atoms with Gasteiger partial charge in [-0.05, 0) is 18.1 Å². The van der Waals surface area contributed by atoms with Crippen LogP contribution in [-0.2, 0) is 5.60 Å². The largest absolute Gasteiger partial charge is 0.383 e. The van der Waals surface area contributed by atoms with Gasteiger partial charge < -0.3 is 15.0 Å². The molecule has 2 aromatic rings. The lowest BCUT2D eigenvalue weighted by Gasteiger charge is -2.23. The molecule has 5 heteroatoms. The lowest BCUT2D eigenvalue weighted by atomic mass is 9.93. The molecule has 0 bridgehead atoms. The lowest BCUT2D eigenvalue weighted by Crippen LogP contribution is -2.35. The quantitative estimate of drug-likeness (QED) is 0.867. The monoisotopic (exact) mass is 284 g/mol. The molecule has 5 nitrogen and oxygen atoms in total. The summed E-state index contributed by atoms with van der Waals surface area (Å²) in [5.41, 5.74) is -0.272. The van der Waals surface area contributed by atoms with Crippen molar-refractivity contribution < 1.29 is 9.90 Å². The number of aliphatic hydroxyl groups is 1. The highest BCUT2D eigenvalue weighted by molar-refractivity contribution is 5.92. The van der Waals surface area contributed by atoms with E-state index in [9.17, 15) is 14.7 Å². The van der Waals surface area contributed by atoms with E-state index >= 15 is 0 Å². The number of benzene rings is 1. The van der Waals surface area contributed by atoms with Crippen LogP contribution in [0.2, 0.25) is 0 Å². The van der Waals surface area contributed by atoms with E-state index in [4.69, 9.17) is 0 Å². The molecule has 1 aromatic carbocycles. The molecule has 1 amide bonds. The van der Waals surface area contributed by atoms with Crippen molar-refractivity contribution in [2.75, 3.05) is 13.1 Å². The Morgan fingerprint density at radius 3 is 2.62 bits per heavy atom. The molecular weight excluding hydrogens is 268 g/mol. The van der Waals surface area contributed by atoms with Crippen molar-refractivity contribution in [3.63, 3.8) is 0 Å². The standard InChI is InChI=1S/C16H16N2O3/c19-14-8-4-7-13(17-14)15(20)18-10-9-16(21,11-18)12-5-2-1-3-6-12/h1-8,21H,9-11H2,(H,17,19)/t16-/m0/s1. The summed E-state index contributed by atoms with van der Waals surface area (Å²) in [6.45, 7) is 0.688. The first kappa shape index (κ1) is 13.6. The Morgan fingerprint density at radius 1 is 1.14 bits per heavy atom. The second-order valence-corrected chi connectivity index (χ2v) is 5.30. The van der Waals surface area contributed by atoms with Crippen molar-refractivity contribution in [2.24, 2.45) is 0 Å². The van der Waals surface area contributed by atoms with Gasteiger partial charge in [-0.3, -0.25) is 9.59 Å². The molecule has 2 N–H and O–H groups in total. The summed E-state index contributed by atoms with van der Waals surface area (Å²) in [4.78, 5) is 27.7. The van der Waals surface area contributed by atoms with E-state index < -0.39 is 5.60 Å². The first-order chi connectivity index (χ1) is 10.1. The number of aromatic amines is 1. The number of amides is 1. The maximum atomic E-state index is 12.4. The highest BCUT2D eigenvalue weighted by Gasteiger charge is 2.39. The molecule has 1 aliphatic rings. The van der Waals surface area contributed by atoms with Crippen LogP contribution in [0.25, 0.3) is 0 Å². The Bertz CT molecular complexity index is 711.